The maximum absolute atomic E-state index is 13.2. The molecular formula is C27H35N5O5S. The van der Waals surface area contributed by atoms with Gasteiger partial charge in [0.15, 0.2) is 0 Å². The standard InChI is InChI=1S/C27H35N5O5S/c1-3-14-29-26(34)18-30-27(35)19-32(38(36,37)17-13-25(28)33)22-11-15-31(16-12-22)20(2)23-10-6-8-21-7-4-5-9-24(21)23/h1,4-10,20,22H,11-19H2,2H3,(H2,28,33)(H,29,34)(H,30,35)/t20-/m1/s1. The fraction of sp³-hybridized carbons (Fsp3) is 0.444. The molecule has 1 aliphatic heterocycles. The summed E-state index contributed by atoms with van der Waals surface area (Å²) in [6, 6.07) is 14.1. The van der Waals surface area contributed by atoms with Crippen LogP contribution in [0, 0.1) is 12.3 Å². The molecule has 3 rings (SSSR count). The zero-order valence-corrected chi connectivity index (χ0v) is 22.4. The Morgan fingerprint density at radius 3 is 2.47 bits per heavy atom. The Balaban J connectivity index is 1.69. The van der Waals surface area contributed by atoms with E-state index in [4.69, 9.17) is 12.2 Å². The Labute approximate surface area is 224 Å². The number of rotatable bonds is 12. The van der Waals surface area contributed by atoms with E-state index >= 15 is 0 Å². The van der Waals surface area contributed by atoms with Crippen molar-refractivity contribution >= 4 is 38.5 Å². The summed E-state index contributed by atoms with van der Waals surface area (Å²) in [6.07, 6.45) is 5.79. The van der Waals surface area contributed by atoms with Crippen LogP contribution in [0.3, 0.4) is 0 Å². The van der Waals surface area contributed by atoms with E-state index in [1.54, 1.807) is 0 Å². The van der Waals surface area contributed by atoms with Gasteiger partial charge in [-0.3, -0.25) is 19.3 Å². The predicted molar refractivity (Wildman–Crippen MR) is 146 cm³/mol. The summed E-state index contributed by atoms with van der Waals surface area (Å²) < 4.78 is 27.5. The molecule has 0 saturated carbocycles. The highest BCUT2D eigenvalue weighted by Crippen LogP contribution is 2.31. The molecule has 2 aromatic rings. The lowest BCUT2D eigenvalue weighted by molar-refractivity contribution is -0.126. The lowest BCUT2D eigenvalue weighted by atomic mass is 9.96. The van der Waals surface area contributed by atoms with Crippen molar-refractivity contribution in [2.45, 2.75) is 38.3 Å². The molecule has 11 heteroatoms. The van der Waals surface area contributed by atoms with Crippen molar-refractivity contribution in [2.24, 2.45) is 5.73 Å². The zero-order valence-electron chi connectivity index (χ0n) is 21.6. The molecule has 1 aliphatic rings. The molecule has 1 saturated heterocycles. The number of piperidine rings is 1. The molecule has 0 aliphatic carbocycles. The normalized spacial score (nSPS) is 15.6. The second kappa shape index (κ2) is 13.4. The van der Waals surface area contributed by atoms with Crippen LogP contribution in [0.5, 0.6) is 0 Å². The van der Waals surface area contributed by atoms with Gasteiger partial charge in [-0.05, 0) is 36.1 Å². The van der Waals surface area contributed by atoms with Gasteiger partial charge in [-0.15, -0.1) is 6.42 Å². The minimum atomic E-state index is -3.96. The Kier molecular flexibility index (Phi) is 10.2. The van der Waals surface area contributed by atoms with Crippen LogP contribution in [-0.4, -0.2) is 79.9 Å². The van der Waals surface area contributed by atoms with E-state index in [2.05, 4.69) is 52.6 Å². The first-order valence-electron chi connectivity index (χ1n) is 12.6. The molecule has 1 atom stereocenters. The van der Waals surface area contributed by atoms with Crippen molar-refractivity contribution in [3.05, 3.63) is 48.0 Å². The van der Waals surface area contributed by atoms with Gasteiger partial charge < -0.3 is 16.4 Å². The summed E-state index contributed by atoms with van der Waals surface area (Å²) in [5.74, 6) is -0.0470. The number of likely N-dealkylation sites (tertiary alicyclic amines) is 1. The highest BCUT2D eigenvalue weighted by atomic mass is 32.2. The molecule has 1 heterocycles. The van der Waals surface area contributed by atoms with Crippen LogP contribution < -0.4 is 16.4 Å². The average molecular weight is 542 g/mol. The number of benzene rings is 2. The third-order valence-electron chi connectivity index (χ3n) is 6.82. The van der Waals surface area contributed by atoms with Gasteiger partial charge in [-0.2, -0.15) is 4.31 Å². The number of primary amides is 1. The number of nitrogens with zero attached hydrogens (tertiary/aromatic N) is 2. The van der Waals surface area contributed by atoms with E-state index < -0.39 is 46.1 Å². The predicted octanol–water partition coefficient (Wildman–Crippen LogP) is 0.738. The summed E-state index contributed by atoms with van der Waals surface area (Å²) in [4.78, 5) is 37.9. The fourth-order valence-corrected chi connectivity index (χ4v) is 6.44. The summed E-state index contributed by atoms with van der Waals surface area (Å²) in [5, 5.41) is 7.21. The first-order chi connectivity index (χ1) is 18.1. The third kappa shape index (κ3) is 7.77. The van der Waals surface area contributed by atoms with E-state index in [9.17, 15) is 22.8 Å². The topological polar surface area (TPSA) is 142 Å². The van der Waals surface area contributed by atoms with E-state index in [0.29, 0.717) is 25.9 Å². The number of carbonyl (C=O) groups excluding carboxylic acids is 3. The Bertz CT molecular complexity index is 1290. The Morgan fingerprint density at radius 1 is 1.11 bits per heavy atom. The van der Waals surface area contributed by atoms with Crippen molar-refractivity contribution in [2.75, 3.05) is 38.5 Å². The minimum absolute atomic E-state index is 0.0259. The molecule has 0 aromatic heterocycles. The minimum Gasteiger partial charge on any atom is -0.370 e. The molecule has 0 spiro atoms. The van der Waals surface area contributed by atoms with Crippen molar-refractivity contribution in [1.82, 2.24) is 19.8 Å². The van der Waals surface area contributed by atoms with Crippen LogP contribution >= 0.6 is 0 Å². The van der Waals surface area contributed by atoms with Crippen molar-refractivity contribution in [3.63, 3.8) is 0 Å². The number of hydrogen-bond donors (Lipinski definition) is 3. The Hall–Kier alpha value is -3.46. The van der Waals surface area contributed by atoms with E-state index in [-0.39, 0.29) is 25.6 Å². The first-order valence-corrected chi connectivity index (χ1v) is 14.2. The first kappa shape index (κ1) is 29.1. The lowest BCUT2D eigenvalue weighted by Crippen LogP contribution is -2.52. The third-order valence-corrected chi connectivity index (χ3v) is 8.69. The number of sulfonamides is 1. The van der Waals surface area contributed by atoms with Gasteiger partial charge in [0.25, 0.3) is 0 Å². The van der Waals surface area contributed by atoms with E-state index in [1.165, 1.54) is 10.9 Å². The number of hydrogen-bond acceptors (Lipinski definition) is 6. The van der Waals surface area contributed by atoms with E-state index in [0.717, 1.165) is 9.69 Å². The highest BCUT2D eigenvalue weighted by molar-refractivity contribution is 7.89. The van der Waals surface area contributed by atoms with Gasteiger partial charge in [0.2, 0.25) is 27.7 Å². The van der Waals surface area contributed by atoms with Crippen LogP contribution in [-0.2, 0) is 24.4 Å². The van der Waals surface area contributed by atoms with Gasteiger partial charge in [0.1, 0.15) is 0 Å². The summed E-state index contributed by atoms with van der Waals surface area (Å²) in [5.41, 5.74) is 6.38. The largest absolute Gasteiger partial charge is 0.370 e. The maximum Gasteiger partial charge on any atom is 0.240 e. The van der Waals surface area contributed by atoms with Crippen LogP contribution in [0.25, 0.3) is 10.8 Å². The molecule has 4 N–H and O–H groups in total. The molecule has 3 amide bonds. The Morgan fingerprint density at radius 2 is 1.79 bits per heavy atom. The molecule has 2 aromatic carbocycles. The van der Waals surface area contributed by atoms with E-state index in [1.807, 2.05) is 18.2 Å². The van der Waals surface area contributed by atoms with Gasteiger partial charge >= 0.3 is 0 Å². The number of amides is 3. The van der Waals surface area contributed by atoms with Crippen LogP contribution in [0.1, 0.15) is 37.8 Å². The van der Waals surface area contributed by atoms with Crippen LogP contribution in [0.4, 0.5) is 0 Å². The number of carbonyl (C=O) groups is 3. The smallest absolute Gasteiger partial charge is 0.240 e. The molecule has 1 fully saturated rings. The van der Waals surface area contributed by atoms with Gasteiger partial charge in [-0.25, -0.2) is 8.42 Å². The van der Waals surface area contributed by atoms with Gasteiger partial charge in [0.05, 0.1) is 25.4 Å². The van der Waals surface area contributed by atoms with Crippen LogP contribution in [0.2, 0.25) is 0 Å². The van der Waals surface area contributed by atoms with Crippen LogP contribution in [0.15, 0.2) is 42.5 Å². The quantitative estimate of drug-likeness (QED) is 0.339. The average Bonchev–Trinajstić information content (AvgIpc) is 2.92. The molecule has 10 nitrogen and oxygen atoms in total. The number of terminal acetylenes is 1. The maximum atomic E-state index is 13.2. The number of fused-ring (bicyclic) bond motifs is 1. The summed E-state index contributed by atoms with van der Waals surface area (Å²) >= 11 is 0. The fourth-order valence-electron chi connectivity index (χ4n) is 4.76. The van der Waals surface area contributed by atoms with Gasteiger partial charge in [0, 0.05) is 31.6 Å². The molecule has 0 radical (unpaired) electrons. The van der Waals surface area contributed by atoms with Crippen molar-refractivity contribution in [1.29, 1.82) is 0 Å². The SMILES string of the molecule is C#CCNC(=O)CNC(=O)CN(C1CCN([C@H](C)c2cccc3ccccc23)CC1)S(=O)(=O)CCC(N)=O. The second-order valence-electron chi connectivity index (χ2n) is 9.35. The summed E-state index contributed by atoms with van der Waals surface area (Å²) in [7, 11) is -3.96. The summed E-state index contributed by atoms with van der Waals surface area (Å²) in [6.45, 7) is 2.66. The molecular weight excluding hydrogens is 506 g/mol. The lowest BCUT2D eigenvalue weighted by Gasteiger charge is -2.40. The van der Waals surface area contributed by atoms with Gasteiger partial charge in [-0.1, -0.05) is 48.4 Å². The number of nitrogens with one attached hydrogen (secondary N) is 2. The highest BCUT2D eigenvalue weighted by Gasteiger charge is 2.35. The number of nitrogens with two attached hydrogens (primary N) is 1. The van der Waals surface area contributed by atoms with Crippen molar-refractivity contribution < 1.29 is 22.8 Å². The van der Waals surface area contributed by atoms with Crippen molar-refractivity contribution in [3.8, 4) is 12.3 Å². The monoisotopic (exact) mass is 541 g/mol. The second-order valence-corrected chi connectivity index (χ2v) is 11.4. The molecule has 204 valence electrons. The molecule has 0 unspecified atom stereocenters. The zero-order chi connectivity index (χ0) is 27.7. The molecule has 0 bridgehead atoms. The molecule has 38 heavy (non-hydrogen) atoms.